The van der Waals surface area contributed by atoms with Crippen molar-refractivity contribution in [3.8, 4) is 21.8 Å². The molecule has 0 amide bonds. The van der Waals surface area contributed by atoms with Gasteiger partial charge < -0.3 is 0 Å². The first-order chi connectivity index (χ1) is 13.9. The minimum absolute atomic E-state index is 0.00438. The summed E-state index contributed by atoms with van der Waals surface area (Å²) >= 11 is 8.02. The number of hydrogen-bond acceptors (Lipinski definition) is 6. The van der Waals surface area contributed by atoms with E-state index >= 15 is 0 Å². The van der Waals surface area contributed by atoms with Crippen molar-refractivity contribution in [1.29, 1.82) is 0 Å². The van der Waals surface area contributed by atoms with E-state index in [1.54, 1.807) is 19.2 Å². The molecule has 0 unspecified atom stereocenters. The largest absolute Gasteiger partial charge is 0.282 e. The van der Waals surface area contributed by atoms with E-state index in [9.17, 15) is 12.8 Å². The topological polar surface area (TPSA) is 84.8 Å². The van der Waals surface area contributed by atoms with Gasteiger partial charge in [0.25, 0.3) is 0 Å². The van der Waals surface area contributed by atoms with E-state index in [0.717, 1.165) is 28.8 Å². The number of rotatable bonds is 7. The monoisotopic (exact) mass is 452 g/mol. The standard InChI is InChI=1S/C19H18ClFN4O2S2/c1-2-7-29(26,27)25-15-9-12(21)8-13(16(15)20)17-18(14-5-6-22-10-23-14)28-19(24-17)11-3-4-11/h5-6,8-11,25H,2-4,7H2,1H3. The zero-order chi connectivity index (χ0) is 20.6. The van der Waals surface area contributed by atoms with Gasteiger partial charge in [0, 0.05) is 17.7 Å². The van der Waals surface area contributed by atoms with Gasteiger partial charge in [-0.2, -0.15) is 0 Å². The van der Waals surface area contributed by atoms with Gasteiger partial charge in [-0.3, -0.25) is 4.72 Å². The smallest absolute Gasteiger partial charge is 0.232 e. The number of anilines is 1. The minimum atomic E-state index is -3.62. The molecule has 4 rings (SSSR count). The van der Waals surface area contributed by atoms with Crippen LogP contribution in [0.2, 0.25) is 5.02 Å². The second kappa shape index (κ2) is 7.97. The van der Waals surface area contributed by atoms with Crippen LogP contribution < -0.4 is 4.72 Å². The fraction of sp³-hybridized carbons (Fsp3) is 0.316. The first-order valence-corrected chi connectivity index (χ1v) is 12.0. The molecule has 0 aliphatic heterocycles. The normalized spacial score (nSPS) is 14.2. The average Bonchev–Trinajstić information content (AvgIpc) is 3.43. The van der Waals surface area contributed by atoms with E-state index < -0.39 is 15.8 Å². The van der Waals surface area contributed by atoms with Gasteiger partial charge in [0.1, 0.15) is 12.1 Å². The number of aromatic nitrogens is 3. The second-order valence-electron chi connectivity index (χ2n) is 6.83. The number of hydrogen-bond donors (Lipinski definition) is 1. The number of nitrogens with zero attached hydrogens (tertiary/aromatic N) is 3. The summed E-state index contributed by atoms with van der Waals surface area (Å²) in [4.78, 5) is 13.7. The predicted octanol–water partition coefficient (Wildman–Crippen LogP) is 5.09. The lowest BCUT2D eigenvalue weighted by molar-refractivity contribution is 0.599. The summed E-state index contributed by atoms with van der Waals surface area (Å²) in [5.74, 6) is -0.290. The van der Waals surface area contributed by atoms with Crippen LogP contribution in [-0.2, 0) is 10.0 Å². The lowest BCUT2D eigenvalue weighted by Crippen LogP contribution is -2.16. The number of benzene rings is 1. The van der Waals surface area contributed by atoms with Crippen LogP contribution >= 0.6 is 22.9 Å². The molecular weight excluding hydrogens is 435 g/mol. The Kier molecular flexibility index (Phi) is 5.54. The van der Waals surface area contributed by atoms with Gasteiger partial charge in [0.15, 0.2) is 0 Å². The predicted molar refractivity (Wildman–Crippen MR) is 113 cm³/mol. The summed E-state index contributed by atoms with van der Waals surface area (Å²) in [7, 11) is -3.62. The fourth-order valence-electron chi connectivity index (χ4n) is 2.95. The third-order valence-electron chi connectivity index (χ3n) is 4.42. The number of sulfonamides is 1. The lowest BCUT2D eigenvalue weighted by Gasteiger charge is -2.12. The van der Waals surface area contributed by atoms with Crippen LogP contribution in [0.15, 0.2) is 30.7 Å². The number of nitrogens with one attached hydrogen (secondary N) is 1. The van der Waals surface area contributed by atoms with Gasteiger partial charge in [-0.15, -0.1) is 11.3 Å². The van der Waals surface area contributed by atoms with Crippen molar-refractivity contribution in [2.75, 3.05) is 10.5 Å². The van der Waals surface area contributed by atoms with Crippen LogP contribution in [0.25, 0.3) is 21.8 Å². The molecule has 1 N–H and O–H groups in total. The molecule has 0 spiro atoms. The van der Waals surface area contributed by atoms with Gasteiger partial charge in [0.05, 0.1) is 37.7 Å². The first-order valence-electron chi connectivity index (χ1n) is 9.15. The molecule has 10 heteroatoms. The number of thiazole rings is 1. The zero-order valence-electron chi connectivity index (χ0n) is 15.5. The Labute approximate surface area is 177 Å². The van der Waals surface area contributed by atoms with Crippen LogP contribution in [0.5, 0.6) is 0 Å². The Morgan fingerprint density at radius 1 is 1.34 bits per heavy atom. The van der Waals surface area contributed by atoms with E-state index in [0.29, 0.717) is 29.3 Å². The summed E-state index contributed by atoms with van der Waals surface area (Å²) in [5, 5.41) is 1.05. The molecule has 1 fully saturated rings. The van der Waals surface area contributed by atoms with Crippen molar-refractivity contribution < 1.29 is 12.8 Å². The molecule has 2 aromatic heterocycles. The summed E-state index contributed by atoms with van der Waals surface area (Å²) < 4.78 is 41.2. The molecule has 0 atom stereocenters. The second-order valence-corrected chi connectivity index (χ2v) is 10.1. The molecule has 0 saturated heterocycles. The fourth-order valence-corrected chi connectivity index (χ4v) is 5.61. The van der Waals surface area contributed by atoms with E-state index in [-0.39, 0.29) is 16.5 Å². The van der Waals surface area contributed by atoms with E-state index in [1.165, 1.54) is 23.7 Å². The molecule has 0 bridgehead atoms. The molecule has 29 heavy (non-hydrogen) atoms. The van der Waals surface area contributed by atoms with Crippen LogP contribution in [-0.4, -0.2) is 29.1 Å². The van der Waals surface area contributed by atoms with Crippen LogP contribution in [0.3, 0.4) is 0 Å². The van der Waals surface area contributed by atoms with Crippen molar-refractivity contribution in [1.82, 2.24) is 15.0 Å². The highest BCUT2D eigenvalue weighted by atomic mass is 35.5. The average molecular weight is 453 g/mol. The van der Waals surface area contributed by atoms with Gasteiger partial charge in [-0.05, 0) is 37.5 Å². The van der Waals surface area contributed by atoms with Crippen molar-refractivity contribution >= 4 is 38.6 Å². The first kappa shape index (κ1) is 20.2. The van der Waals surface area contributed by atoms with Crippen LogP contribution in [0, 0.1) is 5.82 Å². The molecule has 6 nitrogen and oxygen atoms in total. The molecule has 1 aromatic carbocycles. The Morgan fingerprint density at radius 3 is 2.79 bits per heavy atom. The molecule has 1 aliphatic carbocycles. The summed E-state index contributed by atoms with van der Waals surface area (Å²) in [6.45, 7) is 1.75. The van der Waals surface area contributed by atoms with Crippen LogP contribution in [0.1, 0.15) is 37.1 Å². The highest BCUT2D eigenvalue weighted by molar-refractivity contribution is 7.92. The maximum absolute atomic E-state index is 14.4. The highest BCUT2D eigenvalue weighted by Gasteiger charge is 2.30. The third-order valence-corrected chi connectivity index (χ3v) is 7.54. The van der Waals surface area contributed by atoms with E-state index in [4.69, 9.17) is 16.6 Å². The van der Waals surface area contributed by atoms with Gasteiger partial charge in [-0.1, -0.05) is 18.5 Å². The Balaban J connectivity index is 1.85. The Morgan fingerprint density at radius 2 is 2.14 bits per heavy atom. The highest BCUT2D eigenvalue weighted by Crippen LogP contribution is 2.48. The van der Waals surface area contributed by atoms with Gasteiger partial charge in [-0.25, -0.2) is 27.8 Å². The molecule has 0 radical (unpaired) electrons. The number of halogens is 2. The quantitative estimate of drug-likeness (QED) is 0.539. The Hall–Kier alpha value is -2.10. The SMILES string of the molecule is CCCS(=O)(=O)Nc1cc(F)cc(-c2nc(C3CC3)sc2-c2ccncn2)c1Cl. The Bertz CT molecular complexity index is 1150. The summed E-state index contributed by atoms with van der Waals surface area (Å²) in [6.07, 6.45) is 5.63. The lowest BCUT2D eigenvalue weighted by atomic mass is 10.1. The molecule has 152 valence electrons. The maximum Gasteiger partial charge on any atom is 0.232 e. The van der Waals surface area contributed by atoms with Crippen molar-refractivity contribution in [3.63, 3.8) is 0 Å². The maximum atomic E-state index is 14.4. The van der Waals surface area contributed by atoms with Crippen molar-refractivity contribution in [2.45, 2.75) is 32.1 Å². The van der Waals surface area contributed by atoms with E-state index in [2.05, 4.69) is 14.7 Å². The third kappa shape index (κ3) is 4.41. The summed E-state index contributed by atoms with van der Waals surface area (Å²) in [5.41, 5.74) is 1.49. The van der Waals surface area contributed by atoms with Crippen molar-refractivity contribution in [2.24, 2.45) is 0 Å². The van der Waals surface area contributed by atoms with E-state index in [1.807, 2.05) is 0 Å². The molecule has 1 saturated carbocycles. The molecule has 3 aromatic rings. The van der Waals surface area contributed by atoms with Crippen LogP contribution in [0.4, 0.5) is 10.1 Å². The molecule has 1 aliphatic rings. The van der Waals surface area contributed by atoms with Gasteiger partial charge in [0.2, 0.25) is 10.0 Å². The van der Waals surface area contributed by atoms with Gasteiger partial charge >= 0.3 is 0 Å². The zero-order valence-corrected chi connectivity index (χ0v) is 17.9. The summed E-state index contributed by atoms with van der Waals surface area (Å²) in [6, 6.07) is 4.11. The van der Waals surface area contributed by atoms with Crippen molar-refractivity contribution in [3.05, 3.63) is 46.6 Å². The minimum Gasteiger partial charge on any atom is -0.282 e. The molecular formula is C19H18ClFN4O2S2. The molecule has 2 heterocycles.